The fraction of sp³-hybridized carbons (Fsp3) is 1.00. The van der Waals surface area contributed by atoms with Gasteiger partial charge in [0.2, 0.25) is 0 Å². The van der Waals surface area contributed by atoms with Crippen LogP contribution in [-0.4, -0.2) is 37.1 Å². The van der Waals surface area contributed by atoms with Gasteiger partial charge >= 0.3 is 0 Å². The number of hydrogen-bond acceptors (Lipinski definition) is 3. The summed E-state index contributed by atoms with van der Waals surface area (Å²) in [6.45, 7) is 1.91. The second-order valence-electron chi connectivity index (χ2n) is 1.23. The van der Waals surface area contributed by atoms with Crippen molar-refractivity contribution in [1.29, 1.82) is 0 Å². The normalized spacial score (nSPS) is 11.6. The van der Waals surface area contributed by atoms with Crippen molar-refractivity contribution in [2.75, 3.05) is 20.8 Å². The number of rotatable bonds is 2. The van der Waals surface area contributed by atoms with Crippen molar-refractivity contribution >= 4 is 0 Å². The Labute approximate surface area is 49.9 Å². The Kier molecular flexibility index (Phi) is 13.5. The zero-order valence-corrected chi connectivity index (χ0v) is 5.59. The maximum atomic E-state index is 8.21. The van der Waals surface area contributed by atoms with Gasteiger partial charge in [0, 0.05) is 14.2 Å². The quantitative estimate of drug-likeness (QED) is 0.525. The molecule has 0 rings (SSSR count). The molecule has 0 aromatic heterocycles. The van der Waals surface area contributed by atoms with E-state index in [9.17, 15) is 0 Å². The van der Waals surface area contributed by atoms with Crippen molar-refractivity contribution in [2.24, 2.45) is 0 Å². The highest BCUT2D eigenvalue weighted by atomic mass is 16.5. The molecular weight excluding hydrogens is 108 g/mol. The Balaban J connectivity index is 0. The lowest BCUT2D eigenvalue weighted by molar-refractivity contribution is 0.0623. The average molecular weight is 122 g/mol. The molecule has 0 aromatic carbocycles. The second-order valence-corrected chi connectivity index (χ2v) is 1.23. The molecule has 1 atom stereocenters. The van der Waals surface area contributed by atoms with Gasteiger partial charge in [0.15, 0.2) is 0 Å². The standard InChI is InChI=1S/C4H10O2.CH4O/c1-4(3-5)6-2;1-2/h4-5H,3H2,1-2H3;2H,1H3. The van der Waals surface area contributed by atoms with Crippen molar-refractivity contribution in [3.8, 4) is 0 Å². The Morgan fingerprint density at radius 2 is 1.88 bits per heavy atom. The van der Waals surface area contributed by atoms with Gasteiger partial charge in [-0.25, -0.2) is 0 Å². The molecule has 0 fully saturated rings. The number of aliphatic hydroxyl groups excluding tert-OH is 2. The van der Waals surface area contributed by atoms with Crippen LogP contribution in [0.3, 0.4) is 0 Å². The van der Waals surface area contributed by atoms with Crippen molar-refractivity contribution in [2.45, 2.75) is 13.0 Å². The summed E-state index contributed by atoms with van der Waals surface area (Å²) < 4.78 is 4.65. The first-order chi connectivity index (χ1) is 3.81. The first-order valence-electron chi connectivity index (χ1n) is 2.39. The van der Waals surface area contributed by atoms with E-state index in [0.717, 1.165) is 7.11 Å². The van der Waals surface area contributed by atoms with E-state index < -0.39 is 0 Å². The number of hydrogen-bond donors (Lipinski definition) is 2. The summed E-state index contributed by atoms with van der Waals surface area (Å²) in [5.41, 5.74) is 0. The van der Waals surface area contributed by atoms with Gasteiger partial charge in [-0.1, -0.05) is 0 Å². The Bertz CT molecular complexity index is 26.9. The van der Waals surface area contributed by atoms with Gasteiger partial charge in [0.25, 0.3) is 0 Å². The van der Waals surface area contributed by atoms with E-state index in [4.69, 9.17) is 10.2 Å². The van der Waals surface area contributed by atoms with Crippen molar-refractivity contribution in [3.05, 3.63) is 0 Å². The van der Waals surface area contributed by atoms with Crippen LogP contribution in [0.25, 0.3) is 0 Å². The molecule has 52 valence electrons. The van der Waals surface area contributed by atoms with E-state index in [2.05, 4.69) is 4.74 Å². The van der Waals surface area contributed by atoms with E-state index in [0.29, 0.717) is 0 Å². The lowest BCUT2D eigenvalue weighted by atomic mass is 10.4. The molecular formula is C5H14O3. The van der Waals surface area contributed by atoms with Gasteiger partial charge < -0.3 is 14.9 Å². The molecule has 0 aliphatic heterocycles. The smallest absolute Gasteiger partial charge is 0.0773 e. The third kappa shape index (κ3) is 9.30. The summed E-state index contributed by atoms with van der Waals surface area (Å²) in [5, 5.41) is 15.2. The van der Waals surface area contributed by atoms with Crippen LogP contribution in [0.15, 0.2) is 0 Å². The average Bonchev–Trinajstić information content (AvgIpc) is 1.91. The Morgan fingerprint density at radius 1 is 1.50 bits per heavy atom. The maximum absolute atomic E-state index is 8.21. The molecule has 0 spiro atoms. The summed E-state index contributed by atoms with van der Waals surface area (Å²) in [7, 11) is 2.57. The predicted molar refractivity (Wildman–Crippen MR) is 31.7 cm³/mol. The molecule has 3 heteroatoms. The van der Waals surface area contributed by atoms with Gasteiger partial charge in [-0.15, -0.1) is 0 Å². The van der Waals surface area contributed by atoms with E-state index >= 15 is 0 Å². The van der Waals surface area contributed by atoms with E-state index in [1.165, 1.54) is 0 Å². The van der Waals surface area contributed by atoms with Gasteiger partial charge in [0.05, 0.1) is 12.7 Å². The van der Waals surface area contributed by atoms with Crippen LogP contribution in [0.4, 0.5) is 0 Å². The van der Waals surface area contributed by atoms with Crippen molar-refractivity contribution < 1.29 is 14.9 Å². The molecule has 0 aliphatic carbocycles. The minimum Gasteiger partial charge on any atom is -0.400 e. The molecule has 8 heavy (non-hydrogen) atoms. The first-order valence-corrected chi connectivity index (χ1v) is 2.39. The summed E-state index contributed by atoms with van der Waals surface area (Å²) in [6.07, 6.45) is -0.00926. The van der Waals surface area contributed by atoms with E-state index in [1.54, 1.807) is 14.0 Å². The first kappa shape index (κ1) is 10.8. The molecule has 0 aromatic rings. The monoisotopic (exact) mass is 122 g/mol. The minimum atomic E-state index is -0.00926. The zero-order valence-electron chi connectivity index (χ0n) is 5.59. The molecule has 0 saturated carbocycles. The third-order valence-electron chi connectivity index (χ3n) is 0.659. The number of methoxy groups -OCH3 is 1. The molecule has 0 amide bonds. The SMILES string of the molecule is CO.COC(C)CO. The zero-order chi connectivity index (χ0) is 6.99. The highest BCUT2D eigenvalue weighted by molar-refractivity contribution is 4.38. The highest BCUT2D eigenvalue weighted by Gasteiger charge is 1.90. The molecule has 0 heterocycles. The van der Waals surface area contributed by atoms with Crippen LogP contribution in [0.1, 0.15) is 6.92 Å². The van der Waals surface area contributed by atoms with Crippen LogP contribution in [0.2, 0.25) is 0 Å². The molecule has 3 nitrogen and oxygen atoms in total. The van der Waals surface area contributed by atoms with Crippen LogP contribution >= 0.6 is 0 Å². The lowest BCUT2D eigenvalue weighted by Crippen LogP contribution is -2.08. The third-order valence-corrected chi connectivity index (χ3v) is 0.659. The number of ether oxygens (including phenoxy) is 1. The largest absolute Gasteiger partial charge is 0.400 e. The molecule has 0 aliphatic rings. The molecule has 0 saturated heterocycles. The molecule has 2 N–H and O–H groups in total. The maximum Gasteiger partial charge on any atom is 0.0773 e. The summed E-state index contributed by atoms with van der Waals surface area (Å²) in [5.74, 6) is 0. The summed E-state index contributed by atoms with van der Waals surface area (Å²) in [4.78, 5) is 0. The van der Waals surface area contributed by atoms with Crippen LogP contribution in [0, 0.1) is 0 Å². The Hall–Kier alpha value is -0.120. The van der Waals surface area contributed by atoms with E-state index in [-0.39, 0.29) is 12.7 Å². The van der Waals surface area contributed by atoms with Crippen LogP contribution in [-0.2, 0) is 4.74 Å². The van der Waals surface area contributed by atoms with Gasteiger partial charge in [-0.2, -0.15) is 0 Å². The van der Waals surface area contributed by atoms with Gasteiger partial charge in [-0.05, 0) is 6.92 Å². The fourth-order valence-corrected chi connectivity index (χ4v) is 0.0745. The number of aliphatic hydroxyl groups is 2. The predicted octanol–water partition coefficient (Wildman–Crippen LogP) is -0.378. The topological polar surface area (TPSA) is 49.7 Å². The van der Waals surface area contributed by atoms with Gasteiger partial charge in [-0.3, -0.25) is 0 Å². The lowest BCUT2D eigenvalue weighted by Gasteiger charge is -2.00. The summed E-state index contributed by atoms with van der Waals surface area (Å²) >= 11 is 0. The van der Waals surface area contributed by atoms with E-state index in [1.807, 2.05) is 0 Å². The Morgan fingerprint density at radius 3 is 1.88 bits per heavy atom. The summed E-state index contributed by atoms with van der Waals surface area (Å²) in [6, 6.07) is 0. The molecule has 1 unspecified atom stereocenters. The molecule has 0 radical (unpaired) electrons. The van der Waals surface area contributed by atoms with Crippen LogP contribution < -0.4 is 0 Å². The van der Waals surface area contributed by atoms with Crippen molar-refractivity contribution in [3.63, 3.8) is 0 Å². The highest BCUT2D eigenvalue weighted by Crippen LogP contribution is 1.80. The van der Waals surface area contributed by atoms with Crippen LogP contribution in [0.5, 0.6) is 0 Å². The minimum absolute atomic E-state index is 0.00926. The van der Waals surface area contributed by atoms with Crippen molar-refractivity contribution in [1.82, 2.24) is 0 Å². The van der Waals surface area contributed by atoms with Gasteiger partial charge in [0.1, 0.15) is 0 Å². The molecule has 0 bridgehead atoms. The fourth-order valence-electron chi connectivity index (χ4n) is 0.0745. The second kappa shape index (κ2) is 9.99.